The first-order chi connectivity index (χ1) is 15.8. The Kier molecular flexibility index (Phi) is 6.09. The van der Waals surface area contributed by atoms with Crippen LogP contribution in [0.15, 0.2) is 67.3 Å². The Bertz CT molecular complexity index is 1400. The van der Waals surface area contributed by atoms with E-state index in [-0.39, 0.29) is 11.8 Å². The fourth-order valence-electron chi connectivity index (χ4n) is 2.89. The van der Waals surface area contributed by atoms with Gasteiger partial charge in [-0.3, -0.25) is 9.71 Å². The Morgan fingerprint density at radius 3 is 2.48 bits per heavy atom. The predicted molar refractivity (Wildman–Crippen MR) is 117 cm³/mol. The standard InChI is InChI=1S/C21H16F2N6O3S/c22-18-16(29-33(30,31)12-13-5-9-25-10-6-13)3-4-17(19(18)23)32-20-14(2-1-8-26-20)15-7-11-27-21(24)28-15/h1-11,29H,12H2,(H2,24,27,28). The third-order valence-electron chi connectivity index (χ3n) is 4.35. The van der Waals surface area contributed by atoms with E-state index in [4.69, 9.17) is 10.5 Å². The average molecular weight is 470 g/mol. The van der Waals surface area contributed by atoms with Gasteiger partial charge >= 0.3 is 0 Å². The molecule has 168 valence electrons. The molecule has 4 rings (SSSR count). The zero-order valence-electron chi connectivity index (χ0n) is 16.8. The molecule has 0 radical (unpaired) electrons. The highest BCUT2D eigenvalue weighted by atomic mass is 32.2. The van der Waals surface area contributed by atoms with E-state index in [2.05, 4.69) is 19.9 Å². The van der Waals surface area contributed by atoms with Crippen LogP contribution in [-0.2, 0) is 15.8 Å². The van der Waals surface area contributed by atoms with Crippen molar-refractivity contribution in [3.05, 3.63) is 84.4 Å². The Morgan fingerprint density at radius 2 is 1.73 bits per heavy atom. The zero-order chi connectivity index (χ0) is 23.4. The predicted octanol–water partition coefficient (Wildman–Crippen LogP) is 3.53. The summed E-state index contributed by atoms with van der Waals surface area (Å²) in [6.07, 6.45) is 5.69. The number of benzene rings is 1. The van der Waals surface area contributed by atoms with Gasteiger partial charge in [0.2, 0.25) is 27.7 Å². The molecule has 0 spiro atoms. The lowest BCUT2D eigenvalue weighted by Gasteiger charge is -2.13. The minimum absolute atomic E-state index is 0.0166. The molecule has 33 heavy (non-hydrogen) atoms. The molecule has 12 heteroatoms. The second-order valence-corrected chi connectivity index (χ2v) is 8.44. The molecule has 0 aliphatic rings. The van der Waals surface area contributed by atoms with Crippen LogP contribution in [0.4, 0.5) is 20.4 Å². The highest BCUT2D eigenvalue weighted by molar-refractivity contribution is 7.91. The fraction of sp³-hybridized carbons (Fsp3) is 0.0476. The van der Waals surface area contributed by atoms with E-state index in [0.717, 1.165) is 12.1 Å². The number of rotatable bonds is 7. The number of nitrogen functional groups attached to an aromatic ring is 1. The summed E-state index contributed by atoms with van der Waals surface area (Å²) in [6.45, 7) is 0. The molecular weight excluding hydrogens is 454 g/mol. The highest BCUT2D eigenvalue weighted by Gasteiger charge is 2.21. The molecule has 4 aromatic rings. The zero-order valence-corrected chi connectivity index (χ0v) is 17.6. The number of pyridine rings is 2. The lowest BCUT2D eigenvalue weighted by Crippen LogP contribution is -2.16. The minimum atomic E-state index is -4.01. The van der Waals surface area contributed by atoms with Gasteiger partial charge in [0.05, 0.1) is 22.7 Å². The fourth-order valence-corrected chi connectivity index (χ4v) is 4.08. The number of aromatic nitrogens is 4. The van der Waals surface area contributed by atoms with Gasteiger partial charge in [-0.1, -0.05) is 0 Å². The van der Waals surface area contributed by atoms with Gasteiger partial charge in [0, 0.05) is 24.8 Å². The molecule has 0 fully saturated rings. The normalized spacial score (nSPS) is 11.2. The van der Waals surface area contributed by atoms with Gasteiger partial charge in [0.1, 0.15) is 0 Å². The summed E-state index contributed by atoms with van der Waals surface area (Å²) >= 11 is 0. The van der Waals surface area contributed by atoms with Crippen molar-refractivity contribution in [1.29, 1.82) is 0 Å². The first-order valence-electron chi connectivity index (χ1n) is 9.41. The van der Waals surface area contributed by atoms with Crippen molar-refractivity contribution >= 4 is 21.7 Å². The number of hydrogen-bond acceptors (Lipinski definition) is 8. The van der Waals surface area contributed by atoms with Crippen LogP contribution in [0.2, 0.25) is 0 Å². The molecule has 0 saturated carbocycles. The van der Waals surface area contributed by atoms with E-state index in [1.807, 2.05) is 4.72 Å². The van der Waals surface area contributed by atoms with Crippen molar-refractivity contribution in [2.24, 2.45) is 0 Å². The Hall–Kier alpha value is -4.19. The maximum Gasteiger partial charge on any atom is 0.237 e. The van der Waals surface area contributed by atoms with Crippen LogP contribution in [0.1, 0.15) is 5.56 Å². The number of nitrogens with zero attached hydrogens (tertiary/aromatic N) is 4. The topological polar surface area (TPSA) is 133 Å². The minimum Gasteiger partial charge on any atom is -0.435 e. The molecule has 0 bridgehead atoms. The maximum atomic E-state index is 14.7. The first-order valence-corrected chi connectivity index (χ1v) is 11.1. The van der Waals surface area contributed by atoms with Crippen LogP contribution in [0.5, 0.6) is 11.6 Å². The number of hydrogen-bond donors (Lipinski definition) is 2. The van der Waals surface area contributed by atoms with Gasteiger partial charge in [-0.15, -0.1) is 0 Å². The molecule has 3 aromatic heterocycles. The number of nitrogens with one attached hydrogen (secondary N) is 1. The second-order valence-electron chi connectivity index (χ2n) is 6.71. The van der Waals surface area contributed by atoms with E-state index in [9.17, 15) is 17.2 Å². The summed E-state index contributed by atoms with van der Waals surface area (Å²) in [4.78, 5) is 15.7. The summed E-state index contributed by atoms with van der Waals surface area (Å²) in [5.41, 5.74) is 6.22. The number of anilines is 2. The van der Waals surface area contributed by atoms with Crippen LogP contribution in [0, 0.1) is 11.6 Å². The Labute approximate surface area is 187 Å². The summed E-state index contributed by atoms with van der Waals surface area (Å²) < 4.78 is 61.6. The van der Waals surface area contributed by atoms with Crippen molar-refractivity contribution in [3.8, 4) is 22.9 Å². The van der Waals surface area contributed by atoms with Gasteiger partial charge in [0.15, 0.2) is 11.6 Å². The van der Waals surface area contributed by atoms with Crippen molar-refractivity contribution in [2.45, 2.75) is 5.75 Å². The molecule has 0 amide bonds. The molecule has 0 aliphatic carbocycles. The monoisotopic (exact) mass is 470 g/mol. The average Bonchev–Trinajstić information content (AvgIpc) is 2.79. The SMILES string of the molecule is Nc1nccc(-c2cccnc2Oc2ccc(NS(=O)(=O)Cc3ccncc3)c(F)c2F)n1. The van der Waals surface area contributed by atoms with Gasteiger partial charge in [-0.25, -0.2) is 27.8 Å². The molecule has 0 atom stereocenters. The number of halogens is 2. The van der Waals surface area contributed by atoms with E-state index in [0.29, 0.717) is 16.8 Å². The number of nitrogens with two attached hydrogens (primary N) is 1. The first kappa shape index (κ1) is 22.0. The smallest absolute Gasteiger partial charge is 0.237 e. The Morgan fingerprint density at radius 1 is 0.939 bits per heavy atom. The van der Waals surface area contributed by atoms with Crippen LogP contribution < -0.4 is 15.2 Å². The van der Waals surface area contributed by atoms with Crippen molar-refractivity contribution in [3.63, 3.8) is 0 Å². The van der Waals surface area contributed by atoms with Gasteiger partial charge in [-0.05, 0) is 48.0 Å². The van der Waals surface area contributed by atoms with E-state index >= 15 is 0 Å². The molecule has 0 unspecified atom stereocenters. The van der Waals surface area contributed by atoms with Crippen LogP contribution in [0.3, 0.4) is 0 Å². The molecular formula is C21H16F2N6O3S. The molecule has 0 aliphatic heterocycles. The Balaban J connectivity index is 1.59. The third-order valence-corrected chi connectivity index (χ3v) is 5.59. The molecule has 0 saturated heterocycles. The summed E-state index contributed by atoms with van der Waals surface area (Å²) in [6, 6.07) is 9.93. The van der Waals surface area contributed by atoms with Crippen LogP contribution in [0.25, 0.3) is 11.3 Å². The molecule has 3 N–H and O–H groups in total. The highest BCUT2D eigenvalue weighted by Crippen LogP contribution is 2.34. The van der Waals surface area contributed by atoms with E-state index in [1.54, 1.807) is 18.2 Å². The largest absolute Gasteiger partial charge is 0.435 e. The summed E-state index contributed by atoms with van der Waals surface area (Å²) in [5.74, 6) is -3.78. The van der Waals surface area contributed by atoms with Gasteiger partial charge < -0.3 is 10.5 Å². The van der Waals surface area contributed by atoms with Crippen molar-refractivity contribution in [2.75, 3.05) is 10.5 Å². The molecule has 3 heterocycles. The lowest BCUT2D eigenvalue weighted by molar-refractivity contribution is 0.407. The van der Waals surface area contributed by atoms with Crippen molar-refractivity contribution in [1.82, 2.24) is 19.9 Å². The number of ether oxygens (including phenoxy) is 1. The molecule has 9 nitrogen and oxygen atoms in total. The van der Waals surface area contributed by atoms with Crippen LogP contribution >= 0.6 is 0 Å². The summed E-state index contributed by atoms with van der Waals surface area (Å²) in [7, 11) is -4.01. The van der Waals surface area contributed by atoms with Gasteiger partial charge in [-0.2, -0.15) is 4.39 Å². The maximum absolute atomic E-state index is 14.7. The van der Waals surface area contributed by atoms with Gasteiger partial charge in [0.25, 0.3) is 0 Å². The van der Waals surface area contributed by atoms with E-state index < -0.39 is 38.8 Å². The van der Waals surface area contributed by atoms with E-state index in [1.165, 1.54) is 36.9 Å². The van der Waals surface area contributed by atoms with Crippen molar-refractivity contribution < 1.29 is 21.9 Å². The quantitative estimate of drug-likeness (QED) is 0.419. The van der Waals surface area contributed by atoms with Crippen LogP contribution in [-0.4, -0.2) is 28.4 Å². The number of sulfonamides is 1. The molecule has 1 aromatic carbocycles. The third kappa shape index (κ3) is 5.18. The summed E-state index contributed by atoms with van der Waals surface area (Å²) in [5, 5.41) is 0. The lowest BCUT2D eigenvalue weighted by atomic mass is 10.2. The second kappa shape index (κ2) is 9.12.